The van der Waals surface area contributed by atoms with E-state index in [0.717, 1.165) is 22.1 Å². The highest BCUT2D eigenvalue weighted by Crippen LogP contribution is 2.17. The van der Waals surface area contributed by atoms with Gasteiger partial charge in [0.25, 0.3) is 0 Å². The maximum Gasteiger partial charge on any atom is 0.246 e. The number of carbonyl (C=O) groups is 1. The van der Waals surface area contributed by atoms with E-state index >= 15 is 0 Å². The Morgan fingerprint density at radius 2 is 2.06 bits per heavy atom. The number of hydrogen-bond acceptors (Lipinski definition) is 2. The van der Waals surface area contributed by atoms with Crippen molar-refractivity contribution in [1.29, 1.82) is 0 Å². The Hall–Kier alpha value is -1.31. The van der Waals surface area contributed by atoms with E-state index in [4.69, 9.17) is 5.73 Å². The number of benzene rings is 1. The summed E-state index contributed by atoms with van der Waals surface area (Å²) >= 11 is 2.21. The fraction of sp³-hybridized carbons (Fsp3) is 0.333. The highest BCUT2D eigenvalue weighted by Gasteiger charge is 2.21. The smallest absolute Gasteiger partial charge is 0.246 e. The highest BCUT2D eigenvalue weighted by atomic mass is 127. The van der Waals surface area contributed by atoms with E-state index in [1.807, 2.05) is 24.3 Å². The van der Waals surface area contributed by atoms with Gasteiger partial charge in [0.2, 0.25) is 5.91 Å². The third-order valence-electron chi connectivity index (χ3n) is 2.45. The molecule has 4 N–H and O–H groups in total. The van der Waals surface area contributed by atoms with E-state index in [1.54, 1.807) is 0 Å². The Kier molecular flexibility index (Phi) is 4.40. The Morgan fingerprint density at radius 3 is 2.67 bits per heavy atom. The summed E-state index contributed by atoms with van der Waals surface area (Å²) in [5, 5.41) is 5.79. The molecule has 0 spiro atoms. The van der Waals surface area contributed by atoms with Gasteiger partial charge in [-0.1, -0.05) is 0 Å². The van der Waals surface area contributed by atoms with Crippen LogP contribution in [-0.4, -0.2) is 24.5 Å². The van der Waals surface area contributed by atoms with Crippen molar-refractivity contribution < 1.29 is 4.79 Å². The molecule has 0 aliphatic heterocycles. The normalized spacial score (nSPS) is 15.3. The standard InChI is InChI=1S/C12H15IN4O/c13-8-1-3-9(4-2-8)16-11(18)7-15-12(14)17-10-5-6-10/h1-4,10H,5-7H2,(H,16,18)(H3,14,15,17). The van der Waals surface area contributed by atoms with Crippen LogP contribution in [0.2, 0.25) is 0 Å². The second-order valence-corrected chi connectivity index (χ2v) is 5.42. The van der Waals surface area contributed by atoms with Crippen LogP contribution in [0, 0.1) is 3.57 Å². The van der Waals surface area contributed by atoms with Crippen molar-refractivity contribution in [3.8, 4) is 0 Å². The summed E-state index contributed by atoms with van der Waals surface area (Å²) in [6.45, 7) is 0.0392. The Balaban J connectivity index is 1.78. The zero-order chi connectivity index (χ0) is 13.0. The third-order valence-corrected chi connectivity index (χ3v) is 3.17. The molecule has 0 saturated heterocycles. The van der Waals surface area contributed by atoms with Gasteiger partial charge in [-0.2, -0.15) is 0 Å². The van der Waals surface area contributed by atoms with Crippen molar-refractivity contribution in [2.75, 3.05) is 11.9 Å². The number of guanidine groups is 1. The minimum absolute atomic E-state index is 0.0392. The van der Waals surface area contributed by atoms with Crippen LogP contribution in [0.15, 0.2) is 29.3 Å². The number of nitrogens with zero attached hydrogens (tertiary/aromatic N) is 1. The number of anilines is 1. The molecule has 1 aliphatic carbocycles. The van der Waals surface area contributed by atoms with E-state index in [0.29, 0.717) is 12.0 Å². The van der Waals surface area contributed by atoms with Gasteiger partial charge in [-0.05, 0) is 59.7 Å². The second kappa shape index (κ2) is 6.03. The maximum absolute atomic E-state index is 11.6. The molecule has 6 heteroatoms. The molecule has 1 aromatic carbocycles. The largest absolute Gasteiger partial charge is 0.370 e. The number of amides is 1. The van der Waals surface area contributed by atoms with Crippen molar-refractivity contribution in [2.24, 2.45) is 10.7 Å². The van der Waals surface area contributed by atoms with Gasteiger partial charge in [-0.3, -0.25) is 4.79 Å². The third kappa shape index (κ3) is 4.52. The number of aliphatic imine (C=N–C) groups is 1. The van der Waals surface area contributed by atoms with Crippen LogP contribution < -0.4 is 16.4 Å². The van der Waals surface area contributed by atoms with Gasteiger partial charge >= 0.3 is 0 Å². The first kappa shape index (κ1) is 13.1. The molecule has 96 valence electrons. The molecule has 0 bridgehead atoms. The molecule has 1 amide bonds. The van der Waals surface area contributed by atoms with Crippen LogP contribution in [0.1, 0.15) is 12.8 Å². The predicted octanol–water partition coefficient (Wildman–Crippen LogP) is 1.30. The molecular weight excluding hydrogens is 343 g/mol. The molecule has 0 radical (unpaired) electrons. The molecule has 1 saturated carbocycles. The Bertz CT molecular complexity index is 454. The Labute approximate surface area is 119 Å². The maximum atomic E-state index is 11.6. The lowest BCUT2D eigenvalue weighted by molar-refractivity contribution is -0.114. The molecule has 5 nitrogen and oxygen atoms in total. The zero-order valence-electron chi connectivity index (χ0n) is 9.82. The SMILES string of the molecule is NC(=NCC(=O)Nc1ccc(I)cc1)NC1CC1. The lowest BCUT2D eigenvalue weighted by Crippen LogP contribution is -2.34. The lowest BCUT2D eigenvalue weighted by atomic mass is 10.3. The van der Waals surface area contributed by atoms with Gasteiger partial charge in [0.1, 0.15) is 6.54 Å². The van der Waals surface area contributed by atoms with Crippen LogP contribution in [0.3, 0.4) is 0 Å². The van der Waals surface area contributed by atoms with E-state index in [9.17, 15) is 4.79 Å². The number of nitrogens with one attached hydrogen (secondary N) is 2. The molecule has 18 heavy (non-hydrogen) atoms. The topological polar surface area (TPSA) is 79.5 Å². The number of carbonyl (C=O) groups excluding carboxylic acids is 1. The molecule has 1 aliphatic rings. The average Bonchev–Trinajstić information content (AvgIpc) is 3.13. The molecule has 1 aromatic rings. The quantitative estimate of drug-likeness (QED) is 0.431. The van der Waals surface area contributed by atoms with Gasteiger partial charge in [-0.25, -0.2) is 4.99 Å². The van der Waals surface area contributed by atoms with Crippen LogP contribution in [0.25, 0.3) is 0 Å². The summed E-state index contributed by atoms with van der Waals surface area (Å²) in [6, 6.07) is 8.03. The van der Waals surface area contributed by atoms with E-state index in [-0.39, 0.29) is 12.5 Å². The fourth-order valence-corrected chi connectivity index (χ4v) is 1.73. The molecule has 0 heterocycles. The average molecular weight is 358 g/mol. The second-order valence-electron chi connectivity index (χ2n) is 4.18. The summed E-state index contributed by atoms with van der Waals surface area (Å²) in [4.78, 5) is 15.6. The molecule has 1 fully saturated rings. The van der Waals surface area contributed by atoms with Crippen LogP contribution in [-0.2, 0) is 4.79 Å². The van der Waals surface area contributed by atoms with Crippen LogP contribution >= 0.6 is 22.6 Å². The van der Waals surface area contributed by atoms with Crippen molar-refractivity contribution in [1.82, 2.24) is 5.32 Å². The first-order valence-electron chi connectivity index (χ1n) is 5.75. The fourth-order valence-electron chi connectivity index (χ4n) is 1.37. The summed E-state index contributed by atoms with van der Waals surface area (Å²) in [6.07, 6.45) is 2.26. The number of rotatable bonds is 4. The molecular formula is C12H15IN4O. The molecule has 2 rings (SSSR count). The van der Waals surface area contributed by atoms with E-state index < -0.39 is 0 Å². The van der Waals surface area contributed by atoms with Gasteiger partial charge < -0.3 is 16.4 Å². The zero-order valence-corrected chi connectivity index (χ0v) is 12.0. The lowest BCUT2D eigenvalue weighted by Gasteiger charge is -2.05. The van der Waals surface area contributed by atoms with Gasteiger partial charge in [-0.15, -0.1) is 0 Å². The number of hydrogen-bond donors (Lipinski definition) is 3. The number of nitrogens with two attached hydrogens (primary N) is 1. The molecule has 0 unspecified atom stereocenters. The van der Waals surface area contributed by atoms with Gasteiger partial charge in [0.05, 0.1) is 0 Å². The molecule has 0 atom stereocenters. The van der Waals surface area contributed by atoms with Crippen LogP contribution in [0.5, 0.6) is 0 Å². The summed E-state index contributed by atoms with van der Waals surface area (Å²) in [5.41, 5.74) is 6.40. The van der Waals surface area contributed by atoms with E-state index in [2.05, 4.69) is 38.2 Å². The van der Waals surface area contributed by atoms with Gasteiger partial charge in [0.15, 0.2) is 5.96 Å². The summed E-state index contributed by atoms with van der Waals surface area (Å²) < 4.78 is 1.13. The predicted molar refractivity (Wildman–Crippen MR) is 80.4 cm³/mol. The minimum atomic E-state index is -0.170. The summed E-state index contributed by atoms with van der Waals surface area (Å²) in [7, 11) is 0. The van der Waals surface area contributed by atoms with Crippen molar-refractivity contribution in [3.63, 3.8) is 0 Å². The minimum Gasteiger partial charge on any atom is -0.370 e. The van der Waals surface area contributed by atoms with Crippen molar-refractivity contribution in [3.05, 3.63) is 27.8 Å². The monoisotopic (exact) mass is 358 g/mol. The first-order chi connectivity index (χ1) is 8.63. The number of halogens is 1. The first-order valence-corrected chi connectivity index (χ1v) is 6.83. The van der Waals surface area contributed by atoms with Crippen molar-refractivity contribution >= 4 is 40.1 Å². The van der Waals surface area contributed by atoms with E-state index in [1.165, 1.54) is 0 Å². The summed E-state index contributed by atoms with van der Waals surface area (Å²) in [5.74, 6) is 0.173. The molecule has 0 aromatic heterocycles. The highest BCUT2D eigenvalue weighted by molar-refractivity contribution is 14.1. The van der Waals surface area contributed by atoms with Crippen molar-refractivity contribution in [2.45, 2.75) is 18.9 Å². The van der Waals surface area contributed by atoms with Crippen LogP contribution in [0.4, 0.5) is 5.69 Å². The Morgan fingerprint density at radius 1 is 1.39 bits per heavy atom. The van der Waals surface area contributed by atoms with Gasteiger partial charge in [0, 0.05) is 15.3 Å².